The molecule has 2 heterocycles. The molecule has 2 aromatic carbocycles. The number of carboxylic acid groups (broad SMARTS) is 1. The Hall–Kier alpha value is -2.96. The van der Waals surface area contributed by atoms with E-state index in [1.807, 2.05) is 51.2 Å². The summed E-state index contributed by atoms with van der Waals surface area (Å²) in [6.45, 7) is 6.07. The normalized spacial score (nSPS) is 11.9. The molecule has 0 aliphatic heterocycles. The number of pyridine rings is 1. The minimum atomic E-state index is -1.26. The maximum Gasteiger partial charge on any atom is 0.356 e. The molecular formula is C24H22Cl2N2O4. The van der Waals surface area contributed by atoms with E-state index in [4.69, 9.17) is 27.9 Å². The van der Waals surface area contributed by atoms with Crippen molar-refractivity contribution in [3.05, 3.63) is 74.3 Å². The number of hydrogen-bond acceptors (Lipinski definition) is 3. The SMILES string of the molecule is CC(C)(C)Cn1c(C(=O)O)c(OCc2c[nH]c3ccccc23)c2cc(Cl)c(Cl)cc2c1=O. The van der Waals surface area contributed by atoms with Gasteiger partial charge < -0.3 is 14.8 Å². The van der Waals surface area contributed by atoms with Gasteiger partial charge in [0.25, 0.3) is 5.56 Å². The molecule has 4 aromatic rings. The molecule has 2 N–H and O–H groups in total. The number of hydrogen-bond donors (Lipinski definition) is 2. The zero-order valence-corrected chi connectivity index (χ0v) is 19.3. The highest BCUT2D eigenvalue weighted by Gasteiger charge is 2.27. The summed E-state index contributed by atoms with van der Waals surface area (Å²) in [7, 11) is 0. The lowest BCUT2D eigenvalue weighted by molar-refractivity contribution is 0.0675. The number of halogens is 2. The van der Waals surface area contributed by atoms with Gasteiger partial charge in [0, 0.05) is 34.6 Å². The fourth-order valence-electron chi connectivity index (χ4n) is 3.79. The van der Waals surface area contributed by atoms with Crippen LogP contribution in [0.25, 0.3) is 21.7 Å². The summed E-state index contributed by atoms with van der Waals surface area (Å²) in [6.07, 6.45) is 1.82. The van der Waals surface area contributed by atoms with Gasteiger partial charge in [-0.1, -0.05) is 62.2 Å². The van der Waals surface area contributed by atoms with Crippen molar-refractivity contribution >= 4 is 50.8 Å². The van der Waals surface area contributed by atoms with Crippen LogP contribution in [0.4, 0.5) is 0 Å². The topological polar surface area (TPSA) is 84.3 Å². The second-order valence-corrected chi connectivity index (χ2v) is 9.71. The van der Waals surface area contributed by atoms with Crippen molar-refractivity contribution in [2.45, 2.75) is 33.9 Å². The van der Waals surface area contributed by atoms with E-state index in [0.717, 1.165) is 16.5 Å². The first-order valence-electron chi connectivity index (χ1n) is 10.0. The van der Waals surface area contributed by atoms with Crippen LogP contribution in [-0.2, 0) is 13.2 Å². The number of aromatic amines is 1. The van der Waals surface area contributed by atoms with E-state index in [1.54, 1.807) is 0 Å². The second-order valence-electron chi connectivity index (χ2n) is 8.89. The molecule has 0 fully saturated rings. The summed E-state index contributed by atoms with van der Waals surface area (Å²) in [6, 6.07) is 10.7. The molecule has 2 aromatic heterocycles. The predicted molar refractivity (Wildman–Crippen MR) is 127 cm³/mol. The Morgan fingerprint density at radius 1 is 1.09 bits per heavy atom. The van der Waals surface area contributed by atoms with Crippen molar-refractivity contribution in [1.82, 2.24) is 9.55 Å². The Bertz CT molecular complexity index is 1410. The van der Waals surface area contributed by atoms with Crippen molar-refractivity contribution in [2.24, 2.45) is 5.41 Å². The van der Waals surface area contributed by atoms with Crippen LogP contribution >= 0.6 is 23.2 Å². The Kier molecular flexibility index (Phi) is 5.69. The number of para-hydroxylation sites is 1. The Labute approximate surface area is 194 Å². The van der Waals surface area contributed by atoms with Crippen molar-refractivity contribution in [1.29, 1.82) is 0 Å². The van der Waals surface area contributed by atoms with E-state index >= 15 is 0 Å². The molecule has 6 nitrogen and oxygen atoms in total. The third kappa shape index (κ3) is 4.08. The van der Waals surface area contributed by atoms with E-state index < -0.39 is 11.5 Å². The molecule has 0 aliphatic rings. The first-order valence-corrected chi connectivity index (χ1v) is 10.8. The van der Waals surface area contributed by atoms with E-state index in [0.29, 0.717) is 5.39 Å². The monoisotopic (exact) mass is 472 g/mol. The lowest BCUT2D eigenvalue weighted by atomic mass is 9.96. The van der Waals surface area contributed by atoms with Crippen LogP contribution in [0.2, 0.25) is 10.0 Å². The van der Waals surface area contributed by atoms with Crippen molar-refractivity contribution in [2.75, 3.05) is 0 Å². The molecule has 0 bridgehead atoms. The average Bonchev–Trinajstić information content (AvgIpc) is 3.12. The lowest BCUT2D eigenvalue weighted by Crippen LogP contribution is -2.32. The molecule has 166 valence electrons. The van der Waals surface area contributed by atoms with E-state index in [2.05, 4.69) is 4.98 Å². The van der Waals surface area contributed by atoms with Crippen molar-refractivity contribution < 1.29 is 14.6 Å². The number of benzene rings is 2. The molecule has 32 heavy (non-hydrogen) atoms. The zero-order valence-electron chi connectivity index (χ0n) is 17.8. The standard InChI is InChI=1S/C24H22Cl2N2O4/c1-24(2,3)12-28-20(23(30)31)21(15-8-17(25)18(26)9-16(15)22(28)29)32-11-13-10-27-19-7-5-4-6-14(13)19/h4-10,27H,11-12H2,1-3H3,(H,30,31). The van der Waals surface area contributed by atoms with Gasteiger partial charge in [0.2, 0.25) is 0 Å². The van der Waals surface area contributed by atoms with Gasteiger partial charge in [-0.15, -0.1) is 0 Å². The third-order valence-corrected chi connectivity index (χ3v) is 5.87. The minimum Gasteiger partial charge on any atom is -0.486 e. The van der Waals surface area contributed by atoms with Crippen LogP contribution in [-0.4, -0.2) is 20.6 Å². The van der Waals surface area contributed by atoms with E-state index in [9.17, 15) is 14.7 Å². The fourth-order valence-corrected chi connectivity index (χ4v) is 4.12. The Morgan fingerprint density at radius 2 is 1.75 bits per heavy atom. The number of rotatable bonds is 5. The summed E-state index contributed by atoms with van der Waals surface area (Å²) >= 11 is 12.4. The molecule has 0 radical (unpaired) electrons. The van der Waals surface area contributed by atoms with Gasteiger partial charge in [-0.3, -0.25) is 9.36 Å². The molecular weight excluding hydrogens is 451 g/mol. The van der Waals surface area contributed by atoms with Crippen molar-refractivity contribution in [3.8, 4) is 5.75 Å². The van der Waals surface area contributed by atoms with E-state index in [1.165, 1.54) is 16.7 Å². The van der Waals surface area contributed by atoms with Gasteiger partial charge in [-0.2, -0.15) is 0 Å². The number of nitrogens with one attached hydrogen (secondary N) is 1. The summed E-state index contributed by atoms with van der Waals surface area (Å²) in [5, 5.41) is 12.0. The van der Waals surface area contributed by atoms with Gasteiger partial charge in [-0.05, 0) is 23.6 Å². The number of carbonyl (C=O) groups is 1. The predicted octanol–water partition coefficient (Wildman–Crippen LogP) is 6.11. The number of carboxylic acids is 1. The number of H-pyrrole nitrogens is 1. The fraction of sp³-hybridized carbons (Fsp3) is 0.250. The number of nitrogens with zero attached hydrogens (tertiary/aromatic N) is 1. The van der Waals surface area contributed by atoms with Crippen LogP contribution in [0, 0.1) is 5.41 Å². The van der Waals surface area contributed by atoms with Gasteiger partial charge in [0.1, 0.15) is 6.61 Å². The molecule has 0 atom stereocenters. The minimum absolute atomic E-state index is 0.0835. The summed E-state index contributed by atoms with van der Waals surface area (Å²) in [5.41, 5.74) is 0.785. The first kappa shape index (κ1) is 22.2. The molecule has 0 amide bonds. The molecule has 0 aliphatic carbocycles. The highest BCUT2D eigenvalue weighted by atomic mass is 35.5. The van der Waals surface area contributed by atoms with Crippen molar-refractivity contribution in [3.63, 3.8) is 0 Å². The quantitative estimate of drug-likeness (QED) is 0.366. The van der Waals surface area contributed by atoms with Crippen LogP contribution in [0.15, 0.2) is 47.4 Å². The van der Waals surface area contributed by atoms with Gasteiger partial charge in [0.05, 0.1) is 15.4 Å². The summed E-state index contributed by atoms with van der Waals surface area (Å²) in [5.74, 6) is -1.17. The van der Waals surface area contributed by atoms with Crippen LogP contribution in [0.1, 0.15) is 36.8 Å². The zero-order chi connectivity index (χ0) is 23.2. The maximum atomic E-state index is 13.3. The number of aromatic nitrogens is 2. The highest BCUT2D eigenvalue weighted by molar-refractivity contribution is 6.42. The van der Waals surface area contributed by atoms with Crippen LogP contribution in [0.3, 0.4) is 0 Å². The Morgan fingerprint density at radius 3 is 2.41 bits per heavy atom. The summed E-state index contributed by atoms with van der Waals surface area (Å²) in [4.78, 5) is 28.8. The molecule has 0 saturated heterocycles. The van der Waals surface area contributed by atoms with Gasteiger partial charge in [-0.25, -0.2) is 4.79 Å². The average molecular weight is 473 g/mol. The molecule has 4 rings (SSSR count). The molecule has 8 heteroatoms. The lowest BCUT2D eigenvalue weighted by Gasteiger charge is -2.24. The molecule has 0 spiro atoms. The van der Waals surface area contributed by atoms with Crippen LogP contribution < -0.4 is 10.3 Å². The highest BCUT2D eigenvalue weighted by Crippen LogP contribution is 2.35. The van der Waals surface area contributed by atoms with E-state index in [-0.39, 0.29) is 45.4 Å². The van der Waals surface area contributed by atoms with Gasteiger partial charge >= 0.3 is 5.97 Å². The maximum absolute atomic E-state index is 13.3. The summed E-state index contributed by atoms with van der Waals surface area (Å²) < 4.78 is 7.36. The van der Waals surface area contributed by atoms with Gasteiger partial charge in [0.15, 0.2) is 11.4 Å². The second kappa shape index (κ2) is 8.19. The molecule has 0 unspecified atom stereocenters. The molecule has 0 saturated carbocycles. The Balaban J connectivity index is 1.95. The van der Waals surface area contributed by atoms with Crippen LogP contribution in [0.5, 0.6) is 5.75 Å². The number of ether oxygens (including phenoxy) is 1. The smallest absolute Gasteiger partial charge is 0.356 e. The largest absolute Gasteiger partial charge is 0.486 e. The number of fused-ring (bicyclic) bond motifs is 2. The first-order chi connectivity index (χ1) is 15.1. The number of aromatic carboxylic acids is 1. The third-order valence-electron chi connectivity index (χ3n) is 5.15.